The van der Waals surface area contributed by atoms with Crippen LogP contribution in [0, 0.1) is 5.92 Å². The molecule has 1 fully saturated rings. The van der Waals surface area contributed by atoms with Crippen LogP contribution in [0.5, 0.6) is 0 Å². The Kier molecular flexibility index (Phi) is 7.46. The van der Waals surface area contributed by atoms with Crippen LogP contribution >= 0.6 is 0 Å². The molecule has 3 aliphatic carbocycles. The van der Waals surface area contributed by atoms with Crippen molar-refractivity contribution in [3.63, 3.8) is 0 Å². The van der Waals surface area contributed by atoms with Crippen LogP contribution in [0.15, 0.2) is 121 Å². The predicted octanol–water partition coefficient (Wildman–Crippen LogP) is 5.52. The van der Waals surface area contributed by atoms with Crippen molar-refractivity contribution in [3.8, 4) is 0 Å². The molecule has 5 heteroatoms. The fourth-order valence-corrected chi connectivity index (χ4v) is 7.52. The zero-order valence-corrected chi connectivity index (χ0v) is 24.3. The lowest BCUT2D eigenvalue weighted by atomic mass is 9.53. The Bertz CT molecular complexity index is 1520. The zero-order valence-electron chi connectivity index (χ0n) is 24.3. The number of rotatable bonds is 11. The molecule has 5 nitrogen and oxygen atoms in total. The summed E-state index contributed by atoms with van der Waals surface area (Å²) in [5, 5.41) is 6.27. The molecule has 0 spiro atoms. The normalized spacial score (nSPS) is 21.5. The van der Waals surface area contributed by atoms with E-state index in [-0.39, 0.29) is 23.1 Å². The van der Waals surface area contributed by atoms with Crippen LogP contribution in [-0.4, -0.2) is 38.1 Å². The number of fused-ring (bicyclic) bond motifs is 2. The van der Waals surface area contributed by atoms with E-state index in [1.54, 1.807) is 0 Å². The first-order chi connectivity index (χ1) is 20.5. The van der Waals surface area contributed by atoms with Gasteiger partial charge < -0.3 is 15.4 Å². The van der Waals surface area contributed by atoms with Gasteiger partial charge in [-0.3, -0.25) is 9.59 Å². The van der Waals surface area contributed by atoms with Crippen LogP contribution in [0.1, 0.15) is 42.5 Å². The molecule has 0 heterocycles. The fourth-order valence-electron chi connectivity index (χ4n) is 7.52. The van der Waals surface area contributed by atoms with Crippen LogP contribution in [0.2, 0.25) is 0 Å². The minimum absolute atomic E-state index is 0.0262. The first kappa shape index (κ1) is 27.9. The first-order valence-corrected chi connectivity index (χ1v) is 14.9. The van der Waals surface area contributed by atoms with Gasteiger partial charge in [-0.2, -0.15) is 0 Å². The molecule has 2 amide bonds. The molecule has 2 N–H and O–H groups in total. The van der Waals surface area contributed by atoms with Gasteiger partial charge in [-0.25, -0.2) is 0 Å². The predicted molar refractivity (Wildman–Crippen MR) is 166 cm³/mol. The number of nitrogens with one attached hydrogen (secondary N) is 2. The molecule has 3 aromatic carbocycles. The van der Waals surface area contributed by atoms with Gasteiger partial charge in [-0.1, -0.05) is 129 Å². The van der Waals surface area contributed by atoms with Crippen molar-refractivity contribution in [2.24, 2.45) is 5.92 Å². The number of carbonyl (C=O) groups is 2. The summed E-state index contributed by atoms with van der Waals surface area (Å²) in [5.41, 5.74) is 3.85. The van der Waals surface area contributed by atoms with Crippen LogP contribution in [-0.2, 0) is 30.6 Å². The van der Waals surface area contributed by atoms with Crippen molar-refractivity contribution in [3.05, 3.63) is 143 Å². The molecule has 6 rings (SSSR count). The number of carbonyl (C=O) groups excluding carboxylic acids is 2. The average Bonchev–Trinajstić information content (AvgIpc) is 3.35. The summed E-state index contributed by atoms with van der Waals surface area (Å²) in [6.07, 6.45) is 11.3. The van der Waals surface area contributed by atoms with Crippen LogP contribution in [0.4, 0.5) is 0 Å². The molecule has 3 aromatic rings. The van der Waals surface area contributed by atoms with Crippen LogP contribution < -0.4 is 10.6 Å². The Morgan fingerprint density at radius 2 is 1.38 bits per heavy atom. The first-order valence-electron chi connectivity index (χ1n) is 14.9. The minimum atomic E-state index is -0.817. The van der Waals surface area contributed by atoms with Crippen molar-refractivity contribution < 1.29 is 14.3 Å². The van der Waals surface area contributed by atoms with E-state index in [1.165, 1.54) is 5.56 Å². The third kappa shape index (κ3) is 4.18. The standard InChI is InChI=1S/C37H38N2O3/c1-27(2)37(28-14-6-3-7-15-28,29-16-8-4-9-17-29)34(41)39-23-25-42-24-22-38-33(40)36-26-35(21-13-5-10-20-32(35)36)30-18-11-12-19-31(30)36/h3-21,27H,22-26H2,1-2H3,(H,38,40)(H,39,41). The Balaban J connectivity index is 1.05. The molecule has 0 radical (unpaired) electrons. The molecule has 2 atom stereocenters. The highest BCUT2D eigenvalue weighted by Gasteiger charge is 2.70. The maximum absolute atomic E-state index is 13.9. The SMILES string of the molecule is CC(C)C(C(=O)NCCOCCNC(=O)C12CC3(C=CC=CC=C31)c1ccccc12)(c1ccccc1)c1ccccc1. The Morgan fingerprint density at radius 3 is 2.02 bits per heavy atom. The lowest BCUT2D eigenvalue weighted by molar-refractivity contribution is -0.127. The summed E-state index contributed by atoms with van der Waals surface area (Å²) in [5.74, 6) is 0.0136. The smallest absolute Gasteiger partial charge is 0.235 e. The summed E-state index contributed by atoms with van der Waals surface area (Å²) in [6, 6.07) is 28.3. The van der Waals surface area contributed by atoms with E-state index in [9.17, 15) is 9.59 Å². The highest BCUT2D eigenvalue weighted by Crippen LogP contribution is 2.70. The largest absolute Gasteiger partial charge is 0.378 e. The minimum Gasteiger partial charge on any atom is -0.378 e. The number of benzene rings is 3. The van der Waals surface area contributed by atoms with Crippen LogP contribution in [0.25, 0.3) is 0 Å². The highest BCUT2D eigenvalue weighted by molar-refractivity contribution is 6.00. The van der Waals surface area contributed by atoms with Crippen molar-refractivity contribution in [1.29, 1.82) is 0 Å². The lowest BCUT2D eigenvalue weighted by Gasteiger charge is -2.48. The van der Waals surface area contributed by atoms with Gasteiger partial charge in [0.25, 0.3) is 0 Å². The second-order valence-corrected chi connectivity index (χ2v) is 11.7. The van der Waals surface area contributed by atoms with Gasteiger partial charge in [0, 0.05) is 18.5 Å². The van der Waals surface area contributed by atoms with Crippen molar-refractivity contribution in [2.75, 3.05) is 26.3 Å². The van der Waals surface area contributed by atoms with Gasteiger partial charge >= 0.3 is 0 Å². The molecule has 0 aromatic heterocycles. The second-order valence-electron chi connectivity index (χ2n) is 11.7. The molecule has 0 aliphatic heterocycles. The fraction of sp³-hybridized carbons (Fsp3) is 0.297. The Morgan fingerprint density at radius 1 is 0.786 bits per heavy atom. The van der Waals surface area contributed by atoms with Gasteiger partial charge in [0.05, 0.1) is 18.6 Å². The molecule has 1 saturated carbocycles. The maximum atomic E-state index is 13.9. The van der Waals surface area contributed by atoms with Gasteiger partial charge in [-0.15, -0.1) is 0 Å². The van der Waals surface area contributed by atoms with Gasteiger partial charge in [0.2, 0.25) is 11.8 Å². The van der Waals surface area contributed by atoms with Gasteiger partial charge in [0.1, 0.15) is 5.41 Å². The van der Waals surface area contributed by atoms with Gasteiger partial charge in [-0.05, 0) is 40.2 Å². The second kappa shape index (κ2) is 11.2. The van der Waals surface area contributed by atoms with E-state index in [1.807, 2.05) is 78.9 Å². The summed E-state index contributed by atoms with van der Waals surface area (Å²) in [6.45, 7) is 5.70. The molecule has 3 aliphatic rings. The number of hydrogen-bond acceptors (Lipinski definition) is 3. The Hall–Kier alpha value is -4.22. The van der Waals surface area contributed by atoms with E-state index in [0.717, 1.165) is 28.7 Å². The molecular weight excluding hydrogens is 520 g/mol. The molecule has 2 unspecified atom stereocenters. The average molecular weight is 559 g/mol. The van der Waals surface area contributed by atoms with Crippen molar-refractivity contribution >= 4 is 11.8 Å². The quantitative estimate of drug-likeness (QED) is 0.305. The Labute approximate surface area is 248 Å². The monoisotopic (exact) mass is 558 g/mol. The molecule has 0 saturated heterocycles. The van der Waals surface area contributed by atoms with E-state index >= 15 is 0 Å². The van der Waals surface area contributed by atoms with E-state index < -0.39 is 10.8 Å². The number of hydrogen-bond donors (Lipinski definition) is 2. The van der Waals surface area contributed by atoms with Crippen molar-refractivity contribution in [1.82, 2.24) is 10.6 Å². The third-order valence-corrected chi connectivity index (χ3v) is 9.35. The van der Waals surface area contributed by atoms with Crippen LogP contribution in [0.3, 0.4) is 0 Å². The van der Waals surface area contributed by atoms with E-state index in [4.69, 9.17) is 4.74 Å². The molecular formula is C37H38N2O3. The lowest BCUT2D eigenvalue weighted by Crippen LogP contribution is -2.56. The molecule has 42 heavy (non-hydrogen) atoms. The van der Waals surface area contributed by atoms with Gasteiger partial charge in [0.15, 0.2) is 0 Å². The number of ether oxygens (including phenoxy) is 1. The van der Waals surface area contributed by atoms with Crippen molar-refractivity contribution in [2.45, 2.75) is 36.5 Å². The summed E-state index contributed by atoms with van der Waals surface area (Å²) in [7, 11) is 0. The number of allylic oxidation sites excluding steroid dienone is 5. The van der Waals surface area contributed by atoms with E-state index in [2.05, 4.69) is 60.9 Å². The third-order valence-electron chi connectivity index (χ3n) is 9.35. The topological polar surface area (TPSA) is 67.4 Å². The summed E-state index contributed by atoms with van der Waals surface area (Å²) >= 11 is 0. The summed E-state index contributed by atoms with van der Waals surface area (Å²) in [4.78, 5) is 27.5. The van der Waals surface area contributed by atoms with E-state index in [0.29, 0.717) is 26.3 Å². The summed E-state index contributed by atoms with van der Waals surface area (Å²) < 4.78 is 5.86. The maximum Gasteiger partial charge on any atom is 0.235 e. The highest BCUT2D eigenvalue weighted by atomic mass is 16.5. The molecule has 214 valence electrons. The zero-order chi connectivity index (χ0) is 29.2. The number of amides is 2. The molecule has 2 bridgehead atoms.